The van der Waals surface area contributed by atoms with Crippen LogP contribution in [0.2, 0.25) is 0 Å². The van der Waals surface area contributed by atoms with Gasteiger partial charge >= 0.3 is 0 Å². The number of nitrogens with one attached hydrogen (secondary N) is 1. The predicted molar refractivity (Wildman–Crippen MR) is 77.9 cm³/mol. The van der Waals surface area contributed by atoms with E-state index >= 15 is 0 Å². The fourth-order valence-electron chi connectivity index (χ4n) is 1.91. The molecule has 0 bridgehead atoms. The van der Waals surface area contributed by atoms with Gasteiger partial charge in [0.25, 0.3) is 0 Å². The second kappa shape index (κ2) is 6.26. The Morgan fingerprint density at radius 3 is 3.00 bits per heavy atom. The fraction of sp³-hybridized carbons (Fsp3) is 0.462. The van der Waals surface area contributed by atoms with E-state index in [1.54, 1.807) is 6.92 Å². The number of carbonyl (C=O) groups is 1. The number of carbonyl (C=O) groups excluding carboxylic acids is 1. The number of rotatable bonds is 7. The third-order valence-corrected chi connectivity index (χ3v) is 3.24. The Bertz CT molecular complexity index is 657. The smallest absolute Gasteiger partial charge is 0.193 e. The molecule has 0 spiro atoms. The van der Waals surface area contributed by atoms with Crippen molar-refractivity contribution in [3.8, 4) is 0 Å². The Kier molecular flexibility index (Phi) is 4.59. The monoisotopic (exact) mass is 310 g/mol. The summed E-state index contributed by atoms with van der Waals surface area (Å²) in [5.41, 5.74) is 4.79. The third kappa shape index (κ3) is 3.01. The van der Waals surface area contributed by atoms with Crippen molar-refractivity contribution in [3.63, 3.8) is 0 Å². The molecule has 9 nitrogen and oxygen atoms in total. The molecule has 0 aliphatic carbocycles. The van der Waals surface area contributed by atoms with Gasteiger partial charge in [0.1, 0.15) is 11.7 Å². The highest BCUT2D eigenvalue weighted by atomic mass is 16.5. The summed E-state index contributed by atoms with van der Waals surface area (Å²) in [6.07, 6.45) is -0.829. The molecule has 0 aromatic carbocycles. The van der Waals surface area contributed by atoms with Crippen LogP contribution in [0.25, 0.3) is 11.1 Å². The second-order valence-electron chi connectivity index (χ2n) is 4.92. The van der Waals surface area contributed by atoms with Gasteiger partial charge in [-0.05, 0) is 13.8 Å². The van der Waals surface area contributed by atoms with Gasteiger partial charge in [0.15, 0.2) is 29.4 Å². The average molecular weight is 310 g/mol. The first-order chi connectivity index (χ1) is 10.4. The van der Waals surface area contributed by atoms with E-state index in [1.165, 1.54) is 19.2 Å². The van der Waals surface area contributed by atoms with Crippen LogP contribution in [-0.4, -0.2) is 51.2 Å². The van der Waals surface area contributed by atoms with E-state index in [-0.39, 0.29) is 12.4 Å². The molecule has 3 atom stereocenters. The molecule has 0 aliphatic heterocycles. The molecule has 2 aromatic heterocycles. The van der Waals surface area contributed by atoms with Gasteiger partial charge in [-0.3, -0.25) is 0 Å². The van der Waals surface area contributed by atoms with Crippen LogP contribution in [0.4, 0.5) is 11.5 Å². The van der Waals surface area contributed by atoms with Crippen molar-refractivity contribution in [2.45, 2.75) is 31.8 Å². The number of aliphatic hydroxyl groups excluding tert-OH is 1. The van der Waals surface area contributed by atoms with E-state index in [0.717, 1.165) is 0 Å². The van der Waals surface area contributed by atoms with Crippen molar-refractivity contribution in [1.29, 1.82) is 0 Å². The van der Waals surface area contributed by atoms with Crippen LogP contribution in [0.15, 0.2) is 16.8 Å². The molecule has 2 aromatic rings. The minimum absolute atomic E-state index is 0.159. The number of nitrogen functional groups attached to an aromatic ring is 1. The lowest BCUT2D eigenvalue weighted by atomic mass is 9.97. The molecule has 2 rings (SSSR count). The van der Waals surface area contributed by atoms with Gasteiger partial charge in [0.2, 0.25) is 0 Å². The first-order valence-corrected chi connectivity index (χ1v) is 6.65. The van der Waals surface area contributed by atoms with Gasteiger partial charge in [0.05, 0.1) is 11.9 Å². The normalized spacial score (nSPS) is 16.9. The summed E-state index contributed by atoms with van der Waals surface area (Å²) < 4.78 is 10.1. The zero-order valence-corrected chi connectivity index (χ0v) is 12.2. The minimum atomic E-state index is -1.84. The maximum absolute atomic E-state index is 11.0. The lowest BCUT2D eigenvalue weighted by molar-refractivity contribution is -0.156. The maximum Gasteiger partial charge on any atom is 0.193 e. The molecular formula is C13H18N4O5. The highest BCUT2D eigenvalue weighted by Gasteiger charge is 2.40. The molecule has 5 N–H and O–H groups in total. The summed E-state index contributed by atoms with van der Waals surface area (Å²) in [5, 5.41) is 26.6. The van der Waals surface area contributed by atoms with Gasteiger partial charge in [-0.2, -0.15) is 0 Å². The highest BCUT2D eigenvalue weighted by Crippen LogP contribution is 2.23. The summed E-state index contributed by atoms with van der Waals surface area (Å²) in [4.78, 5) is 15.0. The number of aliphatic hydroxyl groups is 2. The van der Waals surface area contributed by atoms with Crippen LogP contribution in [0.3, 0.4) is 0 Å². The molecule has 0 fully saturated rings. The van der Waals surface area contributed by atoms with Gasteiger partial charge in [-0.1, -0.05) is 5.16 Å². The molecule has 0 amide bonds. The zero-order chi connectivity index (χ0) is 16.3. The lowest BCUT2D eigenvalue weighted by Crippen LogP contribution is -2.54. The number of aromatic nitrogens is 2. The van der Waals surface area contributed by atoms with Crippen molar-refractivity contribution >= 4 is 28.9 Å². The van der Waals surface area contributed by atoms with Crippen molar-refractivity contribution in [2.75, 3.05) is 17.7 Å². The van der Waals surface area contributed by atoms with Gasteiger partial charge in [-0.15, -0.1) is 0 Å². The van der Waals surface area contributed by atoms with Crippen LogP contribution >= 0.6 is 0 Å². The number of hydrogen-bond donors (Lipinski definition) is 4. The summed E-state index contributed by atoms with van der Waals surface area (Å²) in [6.45, 7) is 3.19. The summed E-state index contributed by atoms with van der Waals surface area (Å²) >= 11 is 0. The molecule has 0 aliphatic rings. The van der Waals surface area contributed by atoms with Crippen molar-refractivity contribution < 1.29 is 24.3 Å². The number of hydrogen-bond acceptors (Lipinski definition) is 9. The number of pyridine rings is 1. The Balaban J connectivity index is 2.17. The topological polar surface area (TPSA) is 144 Å². The number of anilines is 2. The fourth-order valence-corrected chi connectivity index (χ4v) is 1.91. The molecule has 2 unspecified atom stereocenters. The van der Waals surface area contributed by atoms with Crippen LogP contribution in [0, 0.1) is 0 Å². The Morgan fingerprint density at radius 1 is 1.64 bits per heavy atom. The van der Waals surface area contributed by atoms with E-state index in [4.69, 9.17) is 15.0 Å². The zero-order valence-electron chi connectivity index (χ0n) is 12.2. The van der Waals surface area contributed by atoms with Crippen molar-refractivity contribution in [2.24, 2.45) is 0 Å². The molecule has 0 saturated carbocycles. The molecule has 0 radical (unpaired) electrons. The summed E-state index contributed by atoms with van der Waals surface area (Å²) in [7, 11) is 0. The number of aldehydes is 1. The molecule has 120 valence electrons. The molecule has 0 saturated heterocycles. The Labute approximate surface area is 126 Å². The van der Waals surface area contributed by atoms with Crippen LogP contribution in [0.1, 0.15) is 13.8 Å². The molecule has 9 heteroatoms. The quantitative estimate of drug-likeness (QED) is 0.406. The highest BCUT2D eigenvalue weighted by molar-refractivity contribution is 5.84. The standard InChI is InChI=1S/C13H18N4O5/c1-3-21-9(6-18)13(2,20)12(19)16-7-4-8-10(15-5-7)11(14)17-22-8/h4-6,9,12,16,19-20H,3H2,1-2H3,(H2,14,17)/t9-,12?,13?/m0/s1. The number of ether oxygens (including phenoxy) is 1. The first-order valence-electron chi connectivity index (χ1n) is 6.65. The van der Waals surface area contributed by atoms with Crippen LogP contribution < -0.4 is 11.1 Å². The number of fused-ring (bicyclic) bond motifs is 1. The van der Waals surface area contributed by atoms with Crippen LogP contribution in [-0.2, 0) is 9.53 Å². The molecule has 22 heavy (non-hydrogen) atoms. The summed E-state index contributed by atoms with van der Waals surface area (Å²) in [5.74, 6) is 0.159. The van der Waals surface area contributed by atoms with E-state index in [0.29, 0.717) is 23.1 Å². The van der Waals surface area contributed by atoms with E-state index in [2.05, 4.69) is 15.5 Å². The minimum Gasteiger partial charge on any atom is -0.382 e. The SMILES string of the molecule is CCO[C@@H](C=O)C(C)(O)C(O)Nc1cnc2c(N)noc2c1. The Hall–Kier alpha value is -2.23. The van der Waals surface area contributed by atoms with Crippen molar-refractivity contribution in [3.05, 3.63) is 12.3 Å². The Morgan fingerprint density at radius 2 is 2.36 bits per heavy atom. The van der Waals surface area contributed by atoms with Gasteiger partial charge < -0.3 is 35.3 Å². The first kappa shape index (κ1) is 16.1. The second-order valence-corrected chi connectivity index (χ2v) is 4.92. The molecular weight excluding hydrogens is 292 g/mol. The number of nitrogens with two attached hydrogens (primary N) is 1. The lowest BCUT2D eigenvalue weighted by Gasteiger charge is -2.34. The largest absolute Gasteiger partial charge is 0.382 e. The predicted octanol–water partition coefficient (Wildman–Crippen LogP) is -0.110. The number of nitrogens with zero attached hydrogens (tertiary/aromatic N) is 2. The van der Waals surface area contributed by atoms with E-state index in [1.807, 2.05) is 0 Å². The van der Waals surface area contributed by atoms with E-state index in [9.17, 15) is 15.0 Å². The van der Waals surface area contributed by atoms with Crippen molar-refractivity contribution in [1.82, 2.24) is 10.1 Å². The van der Waals surface area contributed by atoms with Gasteiger partial charge in [-0.25, -0.2) is 4.98 Å². The van der Waals surface area contributed by atoms with Crippen LogP contribution in [0.5, 0.6) is 0 Å². The van der Waals surface area contributed by atoms with Gasteiger partial charge in [0, 0.05) is 12.7 Å². The maximum atomic E-state index is 11.0. The average Bonchev–Trinajstić information content (AvgIpc) is 2.85. The summed E-state index contributed by atoms with van der Waals surface area (Å²) in [6, 6.07) is 1.52. The third-order valence-electron chi connectivity index (χ3n) is 3.24. The van der Waals surface area contributed by atoms with E-state index < -0.39 is 17.9 Å². The molecule has 2 heterocycles.